The normalized spacial score (nSPS) is 12.6. The molecule has 8 heteroatoms. The van der Waals surface area contributed by atoms with Gasteiger partial charge in [0.1, 0.15) is 0 Å². The highest BCUT2D eigenvalue weighted by Crippen LogP contribution is 2.09. The molecule has 0 radical (unpaired) electrons. The number of carbonyl (C=O) groups is 4. The van der Waals surface area contributed by atoms with Crippen LogP contribution in [0.4, 0.5) is 0 Å². The molecular formula is C16H19NO7. The van der Waals surface area contributed by atoms with Gasteiger partial charge in [-0.2, -0.15) is 0 Å². The number of hydrogen-bond acceptors (Lipinski definition) is 6. The average Bonchev–Trinajstić information content (AvgIpc) is 2.49. The van der Waals surface area contributed by atoms with Gasteiger partial charge in [0.05, 0.1) is 0 Å². The molecule has 0 fully saturated rings. The van der Waals surface area contributed by atoms with Crippen LogP contribution in [-0.2, 0) is 35.2 Å². The predicted molar refractivity (Wildman–Crippen MR) is 81.8 cm³/mol. The molecular weight excluding hydrogens is 318 g/mol. The smallest absolute Gasteiger partial charge is 0.349 e. The number of ether oxygens (including phenoxy) is 2. The third kappa shape index (κ3) is 6.07. The zero-order valence-electron chi connectivity index (χ0n) is 13.6. The van der Waals surface area contributed by atoms with E-state index in [1.807, 2.05) is 19.1 Å². The number of carbonyl (C=O) groups excluding carboxylic acids is 3. The number of amides is 1. The first kappa shape index (κ1) is 19.1. The van der Waals surface area contributed by atoms with E-state index in [1.54, 1.807) is 12.1 Å². The lowest BCUT2D eigenvalue weighted by Gasteiger charge is -2.22. The molecule has 0 aromatic heterocycles. The van der Waals surface area contributed by atoms with E-state index in [2.05, 4.69) is 10.1 Å². The molecule has 0 saturated carbocycles. The van der Waals surface area contributed by atoms with Crippen LogP contribution in [0.1, 0.15) is 25.0 Å². The van der Waals surface area contributed by atoms with E-state index in [-0.39, 0.29) is 6.54 Å². The standard InChI is InChI=1S/C16H19NO7/c1-9-4-6-12(7-5-9)8-17-15(20)13(23-10(2)18)14(16(21)22)24-11(3)19/h4-7,13-14H,8H2,1-3H3,(H,17,20)(H,21,22)/t13-,14+/m1/s1. The van der Waals surface area contributed by atoms with Crippen molar-refractivity contribution in [1.29, 1.82) is 0 Å². The van der Waals surface area contributed by atoms with Crippen LogP contribution in [0.5, 0.6) is 0 Å². The maximum Gasteiger partial charge on any atom is 0.349 e. The Morgan fingerprint density at radius 3 is 1.96 bits per heavy atom. The van der Waals surface area contributed by atoms with Crippen molar-refractivity contribution in [2.45, 2.75) is 39.5 Å². The summed E-state index contributed by atoms with van der Waals surface area (Å²) in [4.78, 5) is 45.6. The fraction of sp³-hybridized carbons (Fsp3) is 0.375. The van der Waals surface area contributed by atoms with Crippen molar-refractivity contribution in [2.75, 3.05) is 0 Å². The summed E-state index contributed by atoms with van der Waals surface area (Å²) < 4.78 is 9.32. The molecule has 1 rings (SSSR count). The summed E-state index contributed by atoms with van der Waals surface area (Å²) in [5, 5.41) is 11.6. The molecule has 0 heterocycles. The second-order valence-electron chi connectivity index (χ2n) is 5.10. The molecule has 24 heavy (non-hydrogen) atoms. The number of nitrogens with one attached hydrogen (secondary N) is 1. The maximum atomic E-state index is 12.2. The quantitative estimate of drug-likeness (QED) is 0.698. The Labute approximate surface area is 138 Å². The number of aliphatic carboxylic acids is 1. The summed E-state index contributed by atoms with van der Waals surface area (Å²) in [5.41, 5.74) is 1.82. The van der Waals surface area contributed by atoms with Gasteiger partial charge < -0.3 is 19.9 Å². The summed E-state index contributed by atoms with van der Waals surface area (Å²) in [7, 11) is 0. The maximum absolute atomic E-state index is 12.2. The Morgan fingerprint density at radius 1 is 1.00 bits per heavy atom. The lowest BCUT2D eigenvalue weighted by molar-refractivity contribution is -0.180. The van der Waals surface area contributed by atoms with E-state index in [0.29, 0.717) is 0 Å². The first-order valence-electron chi connectivity index (χ1n) is 7.11. The minimum absolute atomic E-state index is 0.100. The number of benzene rings is 1. The lowest BCUT2D eigenvalue weighted by atomic mass is 10.1. The molecule has 1 aromatic rings. The second kappa shape index (κ2) is 8.66. The van der Waals surface area contributed by atoms with E-state index in [1.165, 1.54) is 0 Å². The molecule has 8 nitrogen and oxygen atoms in total. The van der Waals surface area contributed by atoms with Crippen molar-refractivity contribution in [3.63, 3.8) is 0 Å². The number of esters is 2. The van der Waals surface area contributed by atoms with E-state index in [9.17, 15) is 19.2 Å². The first-order valence-corrected chi connectivity index (χ1v) is 7.11. The third-order valence-electron chi connectivity index (χ3n) is 2.95. The van der Waals surface area contributed by atoms with Crippen LogP contribution in [0.2, 0.25) is 0 Å². The zero-order chi connectivity index (χ0) is 18.3. The molecule has 1 amide bonds. The van der Waals surface area contributed by atoms with Gasteiger partial charge in [0, 0.05) is 20.4 Å². The first-order chi connectivity index (χ1) is 11.2. The summed E-state index contributed by atoms with van der Waals surface area (Å²) in [6.45, 7) is 4.02. The predicted octanol–water partition coefficient (Wildman–Crippen LogP) is 0.559. The molecule has 130 valence electrons. The van der Waals surface area contributed by atoms with Crippen LogP contribution in [0.15, 0.2) is 24.3 Å². The van der Waals surface area contributed by atoms with Gasteiger partial charge in [0.25, 0.3) is 5.91 Å². The van der Waals surface area contributed by atoms with E-state index in [4.69, 9.17) is 9.84 Å². The monoisotopic (exact) mass is 337 g/mol. The molecule has 2 N–H and O–H groups in total. The number of aryl methyl sites for hydroxylation is 1. The van der Waals surface area contributed by atoms with Crippen molar-refractivity contribution in [2.24, 2.45) is 0 Å². The van der Waals surface area contributed by atoms with Gasteiger partial charge in [0.2, 0.25) is 12.2 Å². The summed E-state index contributed by atoms with van der Waals surface area (Å²) in [5.74, 6) is -4.25. The Morgan fingerprint density at radius 2 is 1.50 bits per heavy atom. The molecule has 2 atom stereocenters. The molecule has 0 saturated heterocycles. The highest BCUT2D eigenvalue weighted by Gasteiger charge is 2.39. The Hall–Kier alpha value is -2.90. The van der Waals surface area contributed by atoms with Crippen molar-refractivity contribution in [3.8, 4) is 0 Å². The van der Waals surface area contributed by atoms with Crippen molar-refractivity contribution >= 4 is 23.8 Å². The molecule has 0 unspecified atom stereocenters. The van der Waals surface area contributed by atoms with Crippen LogP contribution in [-0.4, -0.2) is 41.1 Å². The van der Waals surface area contributed by atoms with Gasteiger partial charge in [-0.25, -0.2) is 4.79 Å². The third-order valence-corrected chi connectivity index (χ3v) is 2.95. The summed E-state index contributed by atoms with van der Waals surface area (Å²) in [6, 6.07) is 7.28. The van der Waals surface area contributed by atoms with Crippen LogP contribution >= 0.6 is 0 Å². The molecule has 0 aliphatic rings. The molecule has 1 aromatic carbocycles. The molecule has 0 aliphatic carbocycles. The number of carboxylic acids is 1. The van der Waals surface area contributed by atoms with E-state index >= 15 is 0 Å². The van der Waals surface area contributed by atoms with Crippen molar-refractivity contribution in [1.82, 2.24) is 5.32 Å². The SMILES string of the molecule is CC(=O)O[C@H](C(=O)O)[C@@H](OC(C)=O)C(=O)NCc1ccc(C)cc1. The highest BCUT2D eigenvalue weighted by atomic mass is 16.6. The van der Waals surface area contributed by atoms with Crippen LogP contribution in [0.3, 0.4) is 0 Å². The minimum atomic E-state index is -1.93. The van der Waals surface area contributed by atoms with Crippen LogP contribution in [0, 0.1) is 6.92 Å². The van der Waals surface area contributed by atoms with Crippen molar-refractivity contribution < 1.29 is 33.8 Å². The largest absolute Gasteiger partial charge is 0.478 e. The molecule has 0 bridgehead atoms. The van der Waals surface area contributed by atoms with Gasteiger partial charge >= 0.3 is 17.9 Å². The number of rotatable bonds is 7. The Balaban J connectivity index is 2.86. The van der Waals surface area contributed by atoms with Gasteiger partial charge in [-0.3, -0.25) is 14.4 Å². The number of carboxylic acid groups (broad SMARTS) is 1. The average molecular weight is 337 g/mol. The molecule has 0 spiro atoms. The fourth-order valence-electron chi connectivity index (χ4n) is 1.85. The van der Waals surface area contributed by atoms with Crippen LogP contribution in [0.25, 0.3) is 0 Å². The topological polar surface area (TPSA) is 119 Å². The fourth-order valence-corrected chi connectivity index (χ4v) is 1.85. The van der Waals surface area contributed by atoms with Crippen molar-refractivity contribution in [3.05, 3.63) is 35.4 Å². The van der Waals surface area contributed by atoms with Gasteiger partial charge in [0.15, 0.2) is 0 Å². The second-order valence-corrected chi connectivity index (χ2v) is 5.10. The number of hydrogen-bond donors (Lipinski definition) is 2. The Bertz CT molecular complexity index is 624. The van der Waals surface area contributed by atoms with Gasteiger partial charge in [-0.15, -0.1) is 0 Å². The summed E-state index contributed by atoms with van der Waals surface area (Å²) in [6.07, 6.45) is -3.71. The Kier molecular flexibility index (Phi) is 6.91. The molecule has 0 aliphatic heterocycles. The highest BCUT2D eigenvalue weighted by molar-refractivity contribution is 5.90. The van der Waals surface area contributed by atoms with Crippen LogP contribution < -0.4 is 5.32 Å². The zero-order valence-corrected chi connectivity index (χ0v) is 13.6. The van der Waals surface area contributed by atoms with Gasteiger partial charge in [-0.1, -0.05) is 29.8 Å². The van der Waals surface area contributed by atoms with E-state index in [0.717, 1.165) is 25.0 Å². The lowest BCUT2D eigenvalue weighted by Crippen LogP contribution is -2.49. The minimum Gasteiger partial charge on any atom is -0.478 e. The van der Waals surface area contributed by atoms with E-state index < -0.39 is 36.0 Å². The summed E-state index contributed by atoms with van der Waals surface area (Å²) >= 11 is 0. The van der Waals surface area contributed by atoms with Gasteiger partial charge in [-0.05, 0) is 12.5 Å².